The smallest absolute Gasteiger partial charge is 0.407 e. The van der Waals surface area contributed by atoms with Gasteiger partial charge in [0, 0.05) is 55.7 Å². The molecule has 2 spiro atoms. The Morgan fingerprint density at radius 1 is 0.942 bits per heavy atom. The zero-order valence-electron chi connectivity index (χ0n) is 33.7. The van der Waals surface area contributed by atoms with E-state index in [1.165, 1.54) is 45.2 Å². The Morgan fingerprint density at radius 3 is 2.27 bits per heavy atom. The molecular formula is C43H71N3O6. The van der Waals surface area contributed by atoms with Crippen LogP contribution in [0.1, 0.15) is 126 Å². The molecule has 6 aliphatic carbocycles. The molecule has 0 bridgehead atoms. The van der Waals surface area contributed by atoms with Gasteiger partial charge in [-0.1, -0.05) is 41.0 Å². The van der Waals surface area contributed by atoms with E-state index in [-0.39, 0.29) is 63.4 Å². The molecule has 294 valence electrons. The highest BCUT2D eigenvalue weighted by molar-refractivity contribution is 5.68. The Labute approximate surface area is 313 Å². The molecule has 9 fully saturated rings. The first-order valence-corrected chi connectivity index (χ1v) is 21.6. The molecule has 52 heavy (non-hydrogen) atoms. The van der Waals surface area contributed by atoms with Gasteiger partial charge in [0.2, 0.25) is 0 Å². The van der Waals surface area contributed by atoms with Crippen molar-refractivity contribution in [1.82, 2.24) is 15.1 Å². The molecule has 0 aromatic heterocycles. The quantitative estimate of drug-likeness (QED) is 0.281. The van der Waals surface area contributed by atoms with Crippen molar-refractivity contribution in [2.24, 2.45) is 50.7 Å². The third-order valence-electron chi connectivity index (χ3n) is 18.6. The first kappa shape index (κ1) is 36.7. The zero-order valence-corrected chi connectivity index (χ0v) is 33.7. The number of carbonyl (C=O) groups is 1. The van der Waals surface area contributed by atoms with Gasteiger partial charge in [-0.3, -0.25) is 9.80 Å². The van der Waals surface area contributed by atoms with E-state index in [9.17, 15) is 15.0 Å². The van der Waals surface area contributed by atoms with Gasteiger partial charge in [-0.15, -0.1) is 0 Å². The molecule has 3 aliphatic heterocycles. The number of hydrogen-bond donors (Lipinski definition) is 3. The lowest BCUT2D eigenvalue weighted by Gasteiger charge is -2.63. The van der Waals surface area contributed by atoms with Crippen LogP contribution in [0.2, 0.25) is 0 Å². The van der Waals surface area contributed by atoms with Crippen LogP contribution in [0.15, 0.2) is 0 Å². The van der Waals surface area contributed by atoms with Gasteiger partial charge in [-0.25, -0.2) is 4.79 Å². The molecule has 9 heteroatoms. The Kier molecular flexibility index (Phi) is 8.47. The lowest BCUT2D eigenvalue weighted by atomic mass is 9.41. The van der Waals surface area contributed by atoms with Gasteiger partial charge in [0.05, 0.1) is 30.0 Å². The summed E-state index contributed by atoms with van der Waals surface area (Å²) in [5.74, 6) is 1.63. The highest BCUT2D eigenvalue weighted by atomic mass is 16.6. The summed E-state index contributed by atoms with van der Waals surface area (Å²) >= 11 is 0. The van der Waals surface area contributed by atoms with Crippen LogP contribution in [0, 0.1) is 50.7 Å². The van der Waals surface area contributed by atoms with E-state index in [2.05, 4.69) is 49.7 Å². The van der Waals surface area contributed by atoms with Gasteiger partial charge in [-0.05, 0) is 125 Å². The molecule has 9 nitrogen and oxygen atoms in total. The monoisotopic (exact) mass is 726 g/mol. The summed E-state index contributed by atoms with van der Waals surface area (Å²) in [6, 6.07) is 1.70. The highest BCUT2D eigenvalue weighted by Crippen LogP contribution is 2.89. The molecule has 0 radical (unpaired) electrons. The van der Waals surface area contributed by atoms with Gasteiger partial charge < -0.3 is 29.7 Å². The lowest BCUT2D eigenvalue weighted by molar-refractivity contribution is -0.215. The molecule has 9 aliphatic rings. The van der Waals surface area contributed by atoms with E-state index < -0.39 is 17.8 Å². The molecule has 13 atom stereocenters. The number of amides is 1. The van der Waals surface area contributed by atoms with Crippen molar-refractivity contribution in [1.29, 1.82) is 0 Å². The summed E-state index contributed by atoms with van der Waals surface area (Å²) < 4.78 is 19.5. The number of hydrogen-bond acceptors (Lipinski definition) is 8. The molecule has 3 unspecified atom stereocenters. The van der Waals surface area contributed by atoms with E-state index in [0.29, 0.717) is 30.4 Å². The summed E-state index contributed by atoms with van der Waals surface area (Å²) in [5, 5.41) is 26.9. The first-order chi connectivity index (χ1) is 24.5. The second-order valence-electron chi connectivity index (χ2n) is 21.5. The number of alkyl carbamates (subject to hydrolysis) is 1. The predicted molar refractivity (Wildman–Crippen MR) is 200 cm³/mol. The Hall–Kier alpha value is -0.970. The summed E-state index contributed by atoms with van der Waals surface area (Å²) in [6.07, 6.45) is 11.2. The maximum Gasteiger partial charge on any atom is 0.407 e. The number of aliphatic hydroxyl groups excluding tert-OH is 1. The Morgan fingerprint density at radius 2 is 1.62 bits per heavy atom. The molecule has 3 N–H and O–H groups in total. The highest BCUT2D eigenvalue weighted by Gasteiger charge is 2.85. The molecule has 9 rings (SSSR count). The fourth-order valence-electron chi connectivity index (χ4n) is 15.7. The van der Waals surface area contributed by atoms with Crippen molar-refractivity contribution in [2.45, 2.75) is 180 Å². The fourth-order valence-corrected chi connectivity index (χ4v) is 15.7. The lowest BCUT2D eigenvalue weighted by Crippen LogP contribution is -2.71. The van der Waals surface area contributed by atoms with E-state index in [0.717, 1.165) is 57.7 Å². The van der Waals surface area contributed by atoms with Crippen molar-refractivity contribution < 1.29 is 29.2 Å². The minimum absolute atomic E-state index is 0.0104. The summed E-state index contributed by atoms with van der Waals surface area (Å²) in [6.45, 7) is 22.5. The summed E-state index contributed by atoms with van der Waals surface area (Å²) in [4.78, 5) is 18.5. The van der Waals surface area contributed by atoms with Crippen LogP contribution in [0.3, 0.4) is 0 Å². The summed E-state index contributed by atoms with van der Waals surface area (Å²) in [5.41, 5.74) is -0.846. The number of fused-ring (bicyclic) bond motifs is 4. The van der Waals surface area contributed by atoms with Crippen molar-refractivity contribution >= 4 is 6.09 Å². The van der Waals surface area contributed by atoms with Gasteiger partial charge in [0.25, 0.3) is 0 Å². The maximum atomic E-state index is 13.4. The van der Waals surface area contributed by atoms with Crippen LogP contribution >= 0.6 is 0 Å². The van der Waals surface area contributed by atoms with Crippen LogP contribution < -0.4 is 5.32 Å². The molecule has 0 aromatic rings. The number of nitrogens with one attached hydrogen (secondary N) is 1. The minimum Gasteiger partial charge on any atom is -0.446 e. The normalized spacial score (nSPS) is 49.5. The molecule has 6 saturated carbocycles. The van der Waals surface area contributed by atoms with Crippen molar-refractivity contribution in [3.63, 3.8) is 0 Å². The SMILES string of the molecule is CCO[C@@H](C1C[C@@H](C)[C@H]2C(O1)[C@H](O)[C@@]1(C)C3CC[C@H]4C(C)(C)[C@@H](OC(=O)NC5CN(C6CN(C7CCC7)C6)C5)CC[C@@]45C[C@@]35CC[C@]21C)C(C)(C)O. The standard InChI is InChI=1S/C43H71N3O6/c1-9-50-36(39(5,6)49)29-19-25(2)33-34(51-29)35(47)41(8)31-14-13-30-38(3,4)32(15-16-42(30)24-43(31,42)18-17-40(33,41)7)52-37(48)44-26-20-45(21-26)28-22-46(23-28)27-11-10-12-27/h25-36,47,49H,9-24H2,1-8H3,(H,44,48)/t25-,29?,30+,31?,32+,33+,34?,35+,36+,40-,41-,42-,43+/m1/s1. The van der Waals surface area contributed by atoms with Crippen LogP contribution in [0.4, 0.5) is 4.79 Å². The van der Waals surface area contributed by atoms with E-state index in [1.807, 2.05) is 20.8 Å². The molecule has 3 saturated heterocycles. The number of carbonyl (C=O) groups excluding carboxylic acids is 1. The van der Waals surface area contributed by atoms with E-state index in [4.69, 9.17) is 14.2 Å². The maximum absolute atomic E-state index is 13.4. The average Bonchev–Trinajstić information content (AvgIpc) is 3.64. The molecule has 1 amide bonds. The van der Waals surface area contributed by atoms with Crippen LogP contribution in [0.5, 0.6) is 0 Å². The number of rotatable bonds is 8. The van der Waals surface area contributed by atoms with Crippen molar-refractivity contribution in [3.05, 3.63) is 0 Å². The Balaban J connectivity index is 0.861. The average molecular weight is 726 g/mol. The predicted octanol–water partition coefficient (Wildman–Crippen LogP) is 5.99. The Bertz CT molecular complexity index is 1400. The zero-order chi connectivity index (χ0) is 36.8. The third-order valence-corrected chi connectivity index (χ3v) is 18.6. The molecule has 3 heterocycles. The van der Waals surface area contributed by atoms with Crippen LogP contribution in [-0.2, 0) is 14.2 Å². The number of ether oxygens (including phenoxy) is 3. The van der Waals surface area contributed by atoms with Crippen molar-refractivity contribution in [3.8, 4) is 0 Å². The third kappa shape index (κ3) is 4.89. The minimum atomic E-state index is -1.03. The number of likely N-dealkylation sites (tertiary alicyclic amines) is 2. The van der Waals surface area contributed by atoms with Gasteiger partial charge in [-0.2, -0.15) is 0 Å². The van der Waals surface area contributed by atoms with Gasteiger partial charge >= 0.3 is 6.09 Å². The van der Waals surface area contributed by atoms with Gasteiger partial charge in [0.1, 0.15) is 12.2 Å². The first-order valence-electron chi connectivity index (χ1n) is 21.6. The second kappa shape index (κ2) is 12.0. The molecule has 0 aromatic carbocycles. The largest absolute Gasteiger partial charge is 0.446 e. The van der Waals surface area contributed by atoms with Crippen LogP contribution in [0.25, 0.3) is 0 Å². The number of nitrogens with zero attached hydrogens (tertiary/aromatic N) is 2. The fraction of sp³-hybridized carbons (Fsp3) is 0.977. The summed E-state index contributed by atoms with van der Waals surface area (Å²) in [7, 11) is 0. The van der Waals surface area contributed by atoms with E-state index in [1.54, 1.807) is 0 Å². The number of aliphatic hydroxyl groups is 2. The van der Waals surface area contributed by atoms with Crippen LogP contribution in [-0.4, -0.2) is 113 Å². The molecular weight excluding hydrogens is 654 g/mol. The van der Waals surface area contributed by atoms with Gasteiger partial charge in [0.15, 0.2) is 0 Å². The second-order valence-corrected chi connectivity index (χ2v) is 21.5. The topological polar surface area (TPSA) is 104 Å². The van der Waals surface area contributed by atoms with E-state index >= 15 is 0 Å². The van der Waals surface area contributed by atoms with Crippen molar-refractivity contribution in [2.75, 3.05) is 32.8 Å².